The largest absolute Gasteiger partial charge is 0.355 e. The summed E-state index contributed by atoms with van der Waals surface area (Å²) in [7, 11) is 3.46. The van der Waals surface area contributed by atoms with Crippen LogP contribution < -0.4 is 10.6 Å². The maximum absolute atomic E-state index is 12.0. The van der Waals surface area contributed by atoms with E-state index < -0.39 is 0 Å². The summed E-state index contributed by atoms with van der Waals surface area (Å²) in [4.78, 5) is 30.0. The molecule has 0 fully saturated rings. The van der Waals surface area contributed by atoms with E-state index in [9.17, 15) is 9.59 Å². The number of hydroxylamine groups is 4. The Balaban J connectivity index is 4.15. The van der Waals surface area contributed by atoms with E-state index in [0.717, 1.165) is 17.9 Å². The highest BCUT2D eigenvalue weighted by Gasteiger charge is 2.13. The van der Waals surface area contributed by atoms with Gasteiger partial charge in [-0.05, 0) is 12.8 Å². The predicted octanol–water partition coefficient (Wildman–Crippen LogP) is 5.05. The fraction of sp³-hybridized carbons (Fsp3) is 0.926. The van der Waals surface area contributed by atoms with Gasteiger partial charge in [0.1, 0.15) is 0 Å². The minimum Gasteiger partial charge on any atom is -0.355 e. The molecule has 0 heterocycles. The van der Waals surface area contributed by atoms with Crippen LogP contribution in [0.25, 0.3) is 0 Å². The summed E-state index contributed by atoms with van der Waals surface area (Å²) in [5.74, 6) is -0.321. The molecule has 0 radical (unpaired) electrons. The van der Waals surface area contributed by atoms with E-state index in [1.54, 1.807) is 0 Å². The molecule has 0 saturated heterocycles. The van der Waals surface area contributed by atoms with E-state index in [1.165, 1.54) is 84.1 Å². The maximum Gasteiger partial charge on any atom is 0.220 e. The zero-order valence-corrected chi connectivity index (χ0v) is 23.3. The molecule has 0 bridgehead atoms. The molecule has 0 aliphatic rings. The Hall–Kier alpha value is -1.22. The molecule has 0 saturated carbocycles. The van der Waals surface area contributed by atoms with Gasteiger partial charge in [0.25, 0.3) is 0 Å². The van der Waals surface area contributed by atoms with Gasteiger partial charge in [-0.3, -0.25) is 14.4 Å². The van der Waals surface area contributed by atoms with Crippen molar-refractivity contribution in [3.8, 4) is 0 Å². The van der Waals surface area contributed by atoms with Gasteiger partial charge in [0.05, 0.1) is 6.10 Å². The van der Waals surface area contributed by atoms with Gasteiger partial charge >= 0.3 is 0 Å². The number of amides is 2. The number of hydrogen-bond acceptors (Lipinski definition) is 6. The molecule has 0 rings (SSSR count). The van der Waals surface area contributed by atoms with Crippen LogP contribution >= 0.6 is 0 Å². The normalized spacial score (nSPS) is 11.5. The Bertz CT molecular complexity index is 490. The molecule has 2 amide bonds. The van der Waals surface area contributed by atoms with Crippen molar-refractivity contribution < 1.29 is 19.6 Å². The highest BCUT2D eigenvalue weighted by Crippen LogP contribution is 2.17. The minimum atomic E-state index is -0.185. The first-order chi connectivity index (χ1) is 16.9. The molecule has 0 aromatic rings. The molecule has 0 aromatic heterocycles. The first-order valence-corrected chi connectivity index (χ1v) is 14.2. The van der Waals surface area contributed by atoms with Crippen molar-refractivity contribution in [1.82, 2.24) is 20.8 Å². The van der Waals surface area contributed by atoms with Crippen molar-refractivity contribution in [2.24, 2.45) is 0 Å². The number of carbonyl (C=O) groups excluding carboxylic acids is 2. The van der Waals surface area contributed by atoms with Gasteiger partial charge in [0.2, 0.25) is 11.8 Å². The van der Waals surface area contributed by atoms with Gasteiger partial charge < -0.3 is 15.8 Å². The van der Waals surface area contributed by atoms with Crippen molar-refractivity contribution in [2.75, 3.05) is 40.3 Å². The Labute approximate surface area is 215 Å². The number of likely N-dealkylation sites (N-methyl/N-ethyl adjacent to an activating group) is 2. The van der Waals surface area contributed by atoms with Gasteiger partial charge in [-0.2, -0.15) is 10.1 Å². The van der Waals surface area contributed by atoms with Crippen LogP contribution in [0.3, 0.4) is 0 Å². The maximum atomic E-state index is 12.0. The Morgan fingerprint density at radius 3 is 1.60 bits per heavy atom. The van der Waals surface area contributed by atoms with Crippen molar-refractivity contribution in [3.05, 3.63) is 0 Å². The fourth-order valence-electron chi connectivity index (χ4n) is 3.98. The number of rotatable bonds is 25. The molecule has 0 aliphatic carbocycles. The van der Waals surface area contributed by atoms with Crippen molar-refractivity contribution >= 4 is 11.8 Å². The van der Waals surface area contributed by atoms with Crippen LogP contribution in [-0.2, 0) is 14.4 Å². The van der Waals surface area contributed by atoms with Crippen LogP contribution in [0.4, 0.5) is 0 Å². The first kappa shape index (κ1) is 33.8. The second-order valence-corrected chi connectivity index (χ2v) is 9.77. The highest BCUT2D eigenvalue weighted by atomic mass is 16.7. The number of nitrogens with one attached hydrogen (secondary N) is 2. The van der Waals surface area contributed by atoms with Crippen molar-refractivity contribution in [2.45, 2.75) is 123 Å². The highest BCUT2D eigenvalue weighted by molar-refractivity contribution is 5.83. The van der Waals surface area contributed by atoms with Gasteiger partial charge in [0, 0.05) is 53.1 Å². The molecule has 208 valence electrons. The third kappa shape index (κ3) is 24.3. The summed E-state index contributed by atoms with van der Waals surface area (Å²) in [6.07, 6.45) is 18.2. The van der Waals surface area contributed by atoms with E-state index in [2.05, 4.69) is 24.5 Å². The molecule has 0 aliphatic heterocycles. The lowest BCUT2D eigenvalue weighted by atomic mass is 10.0. The van der Waals surface area contributed by atoms with Crippen molar-refractivity contribution in [3.63, 3.8) is 0 Å². The Morgan fingerprint density at radius 2 is 1.14 bits per heavy atom. The minimum absolute atomic E-state index is 0.136. The van der Waals surface area contributed by atoms with E-state index in [4.69, 9.17) is 10.0 Å². The lowest BCUT2D eigenvalue weighted by Gasteiger charge is -2.25. The SMILES string of the molecule is CCCCCCCCC(CCCCCCCC)ON(C)CCNC(=O)CCC(=O)NCCN(C)O. The second-order valence-electron chi connectivity index (χ2n) is 9.77. The van der Waals surface area contributed by atoms with Gasteiger partial charge in [-0.25, -0.2) is 0 Å². The predicted molar refractivity (Wildman–Crippen MR) is 143 cm³/mol. The summed E-state index contributed by atoms with van der Waals surface area (Å²) < 4.78 is 0. The molecule has 8 heteroatoms. The Morgan fingerprint density at radius 1 is 0.714 bits per heavy atom. The van der Waals surface area contributed by atoms with Crippen LogP contribution in [0.5, 0.6) is 0 Å². The third-order valence-electron chi connectivity index (χ3n) is 6.17. The third-order valence-corrected chi connectivity index (χ3v) is 6.17. The van der Waals surface area contributed by atoms with Crippen molar-refractivity contribution in [1.29, 1.82) is 0 Å². The van der Waals surface area contributed by atoms with Crippen LogP contribution in [-0.4, -0.2) is 73.5 Å². The average Bonchev–Trinajstić information content (AvgIpc) is 2.81. The zero-order valence-electron chi connectivity index (χ0n) is 23.3. The standard InChI is InChI=1S/C27H56N4O4/c1-5-7-9-11-13-15-17-25(18-16-14-12-10-8-6-2)35-31(4)24-22-29-27(33)20-19-26(32)28-21-23-30(3)34/h25,34H,5-24H2,1-4H3,(H,28,32)(H,29,33). The van der Waals surface area contributed by atoms with Crippen LogP contribution in [0.2, 0.25) is 0 Å². The van der Waals surface area contributed by atoms with Gasteiger partial charge in [0.15, 0.2) is 0 Å². The summed E-state index contributed by atoms with van der Waals surface area (Å²) in [6.45, 7) is 6.31. The molecule has 3 N–H and O–H groups in total. The second kappa shape index (κ2) is 24.5. The number of nitrogens with zero attached hydrogens (tertiary/aromatic N) is 2. The molecule has 0 atom stereocenters. The molecular formula is C27H56N4O4. The van der Waals surface area contributed by atoms with Crippen LogP contribution in [0, 0.1) is 0 Å². The molecule has 8 nitrogen and oxygen atoms in total. The fourth-order valence-corrected chi connectivity index (χ4v) is 3.98. The Kier molecular flexibility index (Phi) is 23.6. The molecule has 0 aromatic carbocycles. The molecule has 0 unspecified atom stereocenters. The number of carbonyl (C=O) groups is 2. The van der Waals surface area contributed by atoms with E-state index in [0.29, 0.717) is 26.2 Å². The topological polar surface area (TPSA) is 94.1 Å². The van der Waals surface area contributed by atoms with E-state index >= 15 is 0 Å². The lowest BCUT2D eigenvalue weighted by molar-refractivity contribution is -0.184. The molecule has 35 heavy (non-hydrogen) atoms. The molecular weight excluding hydrogens is 444 g/mol. The summed E-state index contributed by atoms with van der Waals surface area (Å²) in [5.41, 5.74) is 0. The van der Waals surface area contributed by atoms with Gasteiger partial charge in [-0.1, -0.05) is 90.9 Å². The first-order valence-electron chi connectivity index (χ1n) is 14.2. The average molecular weight is 501 g/mol. The molecule has 0 spiro atoms. The summed E-state index contributed by atoms with van der Waals surface area (Å²) in [5, 5.41) is 17.5. The lowest BCUT2D eigenvalue weighted by Crippen LogP contribution is -2.36. The van der Waals surface area contributed by atoms with Gasteiger partial charge in [-0.15, -0.1) is 0 Å². The van der Waals surface area contributed by atoms with E-state index in [1.807, 2.05) is 12.1 Å². The quantitative estimate of drug-likeness (QED) is 0.120. The zero-order chi connectivity index (χ0) is 26.2. The number of unbranched alkanes of at least 4 members (excludes halogenated alkanes) is 10. The summed E-state index contributed by atoms with van der Waals surface area (Å²) in [6, 6.07) is 0. The summed E-state index contributed by atoms with van der Waals surface area (Å²) >= 11 is 0. The number of hydrogen-bond donors (Lipinski definition) is 3. The van der Waals surface area contributed by atoms with E-state index in [-0.39, 0.29) is 30.8 Å². The van der Waals surface area contributed by atoms with Crippen LogP contribution in [0.15, 0.2) is 0 Å². The smallest absolute Gasteiger partial charge is 0.220 e. The van der Waals surface area contributed by atoms with Crippen LogP contribution in [0.1, 0.15) is 117 Å². The monoisotopic (exact) mass is 500 g/mol.